The molecular weight excluding hydrogens is 327 g/mol. The van der Waals surface area contributed by atoms with E-state index < -0.39 is 5.82 Å². The molecule has 1 aromatic carbocycles. The molecule has 2 aromatic rings. The monoisotopic (exact) mass is 340 g/mol. The molecule has 20 heavy (non-hydrogen) atoms. The minimum atomic E-state index is -0.553. The van der Waals surface area contributed by atoms with Crippen molar-refractivity contribution in [2.75, 3.05) is 7.05 Å². The van der Waals surface area contributed by atoms with Crippen LogP contribution < -0.4 is 0 Å². The molecule has 0 fully saturated rings. The number of aryl methyl sites for hydroxylation is 2. The molecule has 6 heteroatoms. The Bertz CT molecular complexity index is 635. The smallest absolute Gasteiger partial charge is 0.256 e. The van der Waals surface area contributed by atoms with Gasteiger partial charge in [-0.2, -0.15) is 0 Å². The summed E-state index contributed by atoms with van der Waals surface area (Å²) in [5.74, 6) is -0.274. The molecule has 1 amide bonds. The molecule has 0 saturated heterocycles. The molecule has 4 nitrogen and oxygen atoms in total. The van der Waals surface area contributed by atoms with E-state index in [9.17, 15) is 9.18 Å². The molecule has 0 unspecified atom stereocenters. The predicted octanol–water partition coefficient (Wildman–Crippen LogP) is 3.47. The number of hydrogen-bond acceptors (Lipinski definition) is 3. The van der Waals surface area contributed by atoms with Gasteiger partial charge in [-0.15, -0.1) is 0 Å². The molecule has 0 aliphatic carbocycles. The minimum Gasteiger partial charge on any atom is -0.361 e. The summed E-state index contributed by atoms with van der Waals surface area (Å²) in [6.45, 7) is 3.92. The van der Waals surface area contributed by atoms with E-state index in [1.807, 2.05) is 6.92 Å². The Labute approximate surface area is 124 Å². The van der Waals surface area contributed by atoms with Crippen LogP contribution in [0.25, 0.3) is 0 Å². The van der Waals surface area contributed by atoms with Crippen molar-refractivity contribution in [3.8, 4) is 0 Å². The summed E-state index contributed by atoms with van der Waals surface area (Å²) in [5, 5.41) is 3.84. The van der Waals surface area contributed by atoms with Crippen LogP contribution in [0.2, 0.25) is 0 Å². The Morgan fingerprint density at radius 1 is 1.45 bits per heavy atom. The van der Waals surface area contributed by atoms with Crippen LogP contribution in [0, 0.1) is 19.7 Å². The third-order valence-electron chi connectivity index (χ3n) is 3.11. The van der Waals surface area contributed by atoms with Gasteiger partial charge in [0.05, 0.1) is 22.3 Å². The Morgan fingerprint density at radius 2 is 2.15 bits per heavy atom. The van der Waals surface area contributed by atoms with E-state index in [2.05, 4.69) is 21.1 Å². The van der Waals surface area contributed by atoms with E-state index in [1.54, 1.807) is 26.1 Å². The maximum atomic E-state index is 13.9. The highest BCUT2D eigenvalue weighted by Crippen LogP contribution is 2.21. The van der Waals surface area contributed by atoms with Crippen molar-refractivity contribution in [2.45, 2.75) is 20.4 Å². The van der Waals surface area contributed by atoms with Crippen molar-refractivity contribution >= 4 is 21.8 Å². The van der Waals surface area contributed by atoms with Crippen molar-refractivity contribution in [1.82, 2.24) is 10.1 Å². The quantitative estimate of drug-likeness (QED) is 0.859. The summed E-state index contributed by atoms with van der Waals surface area (Å²) in [4.78, 5) is 13.7. The standard InChI is InChI=1S/C14H14BrFN2O2/c1-8-11(9(2)20-17-8)7-18(3)14(19)10-5-4-6-12(15)13(10)16/h4-6H,7H2,1-3H3. The average molecular weight is 341 g/mol. The number of hydrogen-bond donors (Lipinski definition) is 0. The van der Waals surface area contributed by atoms with Gasteiger partial charge in [0.2, 0.25) is 0 Å². The van der Waals surface area contributed by atoms with Gasteiger partial charge in [-0.3, -0.25) is 4.79 Å². The van der Waals surface area contributed by atoms with Crippen LogP contribution in [-0.2, 0) is 6.54 Å². The number of rotatable bonds is 3. The van der Waals surface area contributed by atoms with Crippen LogP contribution in [-0.4, -0.2) is 23.0 Å². The highest BCUT2D eigenvalue weighted by Gasteiger charge is 2.20. The Morgan fingerprint density at radius 3 is 2.75 bits per heavy atom. The Hall–Kier alpha value is -1.69. The number of aromatic nitrogens is 1. The lowest BCUT2D eigenvalue weighted by atomic mass is 10.1. The lowest BCUT2D eigenvalue weighted by molar-refractivity contribution is 0.0779. The summed E-state index contributed by atoms with van der Waals surface area (Å²) >= 11 is 3.08. The van der Waals surface area contributed by atoms with Crippen LogP contribution in [0.5, 0.6) is 0 Å². The van der Waals surface area contributed by atoms with Crippen molar-refractivity contribution in [3.63, 3.8) is 0 Å². The van der Waals surface area contributed by atoms with Gasteiger partial charge in [0.15, 0.2) is 0 Å². The highest BCUT2D eigenvalue weighted by molar-refractivity contribution is 9.10. The zero-order chi connectivity index (χ0) is 14.9. The second kappa shape index (κ2) is 5.75. The number of amides is 1. The lowest BCUT2D eigenvalue weighted by Gasteiger charge is -2.17. The van der Waals surface area contributed by atoms with Crippen molar-refractivity contribution in [2.24, 2.45) is 0 Å². The average Bonchev–Trinajstić information content (AvgIpc) is 2.73. The van der Waals surface area contributed by atoms with E-state index in [4.69, 9.17) is 4.52 Å². The normalized spacial score (nSPS) is 10.7. The van der Waals surface area contributed by atoms with Crippen LogP contribution in [0.4, 0.5) is 4.39 Å². The Balaban J connectivity index is 2.23. The fraction of sp³-hybridized carbons (Fsp3) is 0.286. The SMILES string of the molecule is Cc1noc(C)c1CN(C)C(=O)c1cccc(Br)c1F. The van der Waals surface area contributed by atoms with Gasteiger partial charge in [0.25, 0.3) is 5.91 Å². The maximum Gasteiger partial charge on any atom is 0.256 e. The number of carbonyl (C=O) groups is 1. The first-order chi connectivity index (χ1) is 9.41. The van der Waals surface area contributed by atoms with Crippen LogP contribution in [0.15, 0.2) is 27.2 Å². The first kappa shape index (κ1) is 14.7. The molecule has 0 atom stereocenters. The molecule has 0 radical (unpaired) electrons. The summed E-state index contributed by atoms with van der Waals surface area (Å²) in [7, 11) is 1.62. The Kier molecular flexibility index (Phi) is 4.23. The third-order valence-corrected chi connectivity index (χ3v) is 3.72. The van der Waals surface area contributed by atoms with Crippen LogP contribution in [0.3, 0.4) is 0 Å². The van der Waals surface area contributed by atoms with Crippen LogP contribution >= 0.6 is 15.9 Å². The number of nitrogens with zero attached hydrogens (tertiary/aromatic N) is 2. The predicted molar refractivity (Wildman–Crippen MR) is 75.9 cm³/mol. The molecule has 1 aromatic heterocycles. The summed E-state index contributed by atoms with van der Waals surface area (Å²) in [6.07, 6.45) is 0. The van der Waals surface area contributed by atoms with Crippen molar-refractivity contribution in [1.29, 1.82) is 0 Å². The van der Waals surface area contributed by atoms with Gasteiger partial charge in [-0.1, -0.05) is 11.2 Å². The van der Waals surface area contributed by atoms with Crippen LogP contribution in [0.1, 0.15) is 27.4 Å². The largest absolute Gasteiger partial charge is 0.361 e. The molecule has 0 aliphatic heterocycles. The second-order valence-electron chi connectivity index (χ2n) is 4.57. The molecule has 0 spiro atoms. The third kappa shape index (κ3) is 2.75. The summed E-state index contributed by atoms with van der Waals surface area (Å²) in [5.41, 5.74) is 1.61. The number of halogens is 2. The van der Waals surface area contributed by atoms with Gasteiger partial charge in [-0.25, -0.2) is 4.39 Å². The molecule has 2 rings (SSSR count). The van der Waals surface area contributed by atoms with Crippen molar-refractivity contribution in [3.05, 3.63) is 51.1 Å². The van der Waals surface area contributed by atoms with Gasteiger partial charge in [0.1, 0.15) is 11.6 Å². The fourth-order valence-corrected chi connectivity index (χ4v) is 2.28. The molecule has 0 bridgehead atoms. The molecule has 106 valence electrons. The van der Waals surface area contributed by atoms with Gasteiger partial charge >= 0.3 is 0 Å². The van der Waals surface area contributed by atoms with E-state index in [1.165, 1.54) is 11.0 Å². The first-order valence-corrected chi connectivity index (χ1v) is 6.82. The lowest BCUT2D eigenvalue weighted by Crippen LogP contribution is -2.27. The zero-order valence-electron chi connectivity index (χ0n) is 11.4. The molecule has 1 heterocycles. The topological polar surface area (TPSA) is 46.3 Å². The molecule has 0 N–H and O–H groups in total. The maximum absolute atomic E-state index is 13.9. The van der Waals surface area contributed by atoms with E-state index in [0.29, 0.717) is 12.3 Å². The second-order valence-corrected chi connectivity index (χ2v) is 5.42. The molecule has 0 saturated carbocycles. The highest BCUT2D eigenvalue weighted by atomic mass is 79.9. The first-order valence-electron chi connectivity index (χ1n) is 6.03. The minimum absolute atomic E-state index is 0.0358. The summed E-state index contributed by atoms with van der Waals surface area (Å²) in [6, 6.07) is 4.65. The van der Waals surface area contributed by atoms with E-state index in [0.717, 1.165) is 11.3 Å². The van der Waals surface area contributed by atoms with Gasteiger partial charge in [0, 0.05) is 12.6 Å². The van der Waals surface area contributed by atoms with Gasteiger partial charge in [-0.05, 0) is 41.9 Å². The zero-order valence-corrected chi connectivity index (χ0v) is 13.0. The number of carbonyl (C=O) groups excluding carboxylic acids is 1. The van der Waals surface area contributed by atoms with E-state index >= 15 is 0 Å². The molecule has 0 aliphatic rings. The van der Waals surface area contributed by atoms with Crippen molar-refractivity contribution < 1.29 is 13.7 Å². The van der Waals surface area contributed by atoms with E-state index in [-0.39, 0.29) is 15.9 Å². The summed E-state index contributed by atoms with van der Waals surface area (Å²) < 4.78 is 19.3. The fourth-order valence-electron chi connectivity index (χ4n) is 1.91. The molecular formula is C14H14BrFN2O2. The van der Waals surface area contributed by atoms with Gasteiger partial charge < -0.3 is 9.42 Å². The number of benzene rings is 1.